The first-order valence-corrected chi connectivity index (χ1v) is 15.1. The molecule has 2 aromatic rings. The molecule has 0 radical (unpaired) electrons. The van der Waals surface area contributed by atoms with Crippen LogP contribution in [0.3, 0.4) is 0 Å². The van der Waals surface area contributed by atoms with E-state index in [1.807, 2.05) is 36.4 Å². The number of likely N-dealkylation sites (tertiary alicyclic amines) is 1. The molecule has 9 nitrogen and oxygen atoms in total. The maximum absolute atomic E-state index is 13.7. The second kappa shape index (κ2) is 17.4. The summed E-state index contributed by atoms with van der Waals surface area (Å²) < 4.78 is 10.7. The molecule has 9 heteroatoms. The topological polar surface area (TPSA) is 117 Å². The lowest BCUT2D eigenvalue weighted by molar-refractivity contribution is -0.139. The third-order valence-corrected chi connectivity index (χ3v) is 7.98. The van der Waals surface area contributed by atoms with Crippen molar-refractivity contribution in [1.29, 1.82) is 0 Å². The Morgan fingerprint density at radius 2 is 1.83 bits per heavy atom. The number of rotatable bonds is 17. The van der Waals surface area contributed by atoms with Crippen LogP contribution in [0.5, 0.6) is 11.5 Å². The molecule has 230 valence electrons. The van der Waals surface area contributed by atoms with E-state index >= 15 is 0 Å². The number of aliphatic hydroxyl groups is 1. The minimum atomic E-state index is -0.731. The molecule has 0 bridgehead atoms. The van der Waals surface area contributed by atoms with Crippen LogP contribution < -0.4 is 20.1 Å². The fourth-order valence-electron chi connectivity index (χ4n) is 5.47. The number of amides is 3. The molecule has 2 aromatic carbocycles. The van der Waals surface area contributed by atoms with Crippen LogP contribution in [-0.4, -0.2) is 67.2 Å². The molecule has 0 aliphatic carbocycles. The summed E-state index contributed by atoms with van der Waals surface area (Å²) in [5.41, 5.74) is 1.88. The van der Waals surface area contributed by atoms with Crippen molar-refractivity contribution in [3.05, 3.63) is 59.7 Å². The highest BCUT2D eigenvalue weighted by Crippen LogP contribution is 2.25. The first-order valence-electron chi connectivity index (χ1n) is 15.1. The van der Waals surface area contributed by atoms with Gasteiger partial charge in [-0.25, -0.2) is 0 Å². The van der Waals surface area contributed by atoms with Crippen LogP contribution in [0.2, 0.25) is 0 Å². The van der Waals surface area contributed by atoms with Gasteiger partial charge < -0.3 is 30.1 Å². The predicted molar refractivity (Wildman–Crippen MR) is 162 cm³/mol. The van der Waals surface area contributed by atoms with Crippen LogP contribution in [0.1, 0.15) is 69.4 Å². The second-order valence-electron chi connectivity index (χ2n) is 10.9. The number of carbonyl (C=O) groups excluding carboxylic acids is 3. The van der Waals surface area contributed by atoms with Gasteiger partial charge in [-0.3, -0.25) is 14.4 Å². The Bertz CT molecular complexity index is 1140. The summed E-state index contributed by atoms with van der Waals surface area (Å²) in [6.45, 7) is 2.82. The second-order valence-corrected chi connectivity index (χ2v) is 10.9. The number of nitrogens with one attached hydrogen (secondary N) is 2. The van der Waals surface area contributed by atoms with E-state index in [0.29, 0.717) is 37.3 Å². The van der Waals surface area contributed by atoms with Gasteiger partial charge in [-0.15, -0.1) is 0 Å². The Morgan fingerprint density at radius 3 is 2.52 bits per heavy atom. The van der Waals surface area contributed by atoms with E-state index in [-0.39, 0.29) is 43.3 Å². The molecule has 1 saturated heterocycles. The number of hydrogen-bond acceptors (Lipinski definition) is 6. The number of ether oxygens (including phenoxy) is 2. The van der Waals surface area contributed by atoms with Gasteiger partial charge in [-0.1, -0.05) is 56.5 Å². The molecule has 3 atom stereocenters. The maximum atomic E-state index is 13.7. The molecule has 0 spiro atoms. The average Bonchev–Trinajstić information content (AvgIpc) is 3.50. The van der Waals surface area contributed by atoms with Gasteiger partial charge in [0.25, 0.3) is 0 Å². The van der Waals surface area contributed by atoms with Gasteiger partial charge in [0.05, 0.1) is 26.9 Å². The number of benzene rings is 2. The van der Waals surface area contributed by atoms with E-state index in [1.165, 1.54) is 0 Å². The van der Waals surface area contributed by atoms with E-state index in [9.17, 15) is 19.5 Å². The number of aliphatic hydroxyl groups excluding tert-OH is 1. The number of nitrogens with zero attached hydrogens (tertiary/aromatic N) is 1. The largest absolute Gasteiger partial charge is 0.497 e. The summed E-state index contributed by atoms with van der Waals surface area (Å²) in [4.78, 5) is 42.1. The van der Waals surface area contributed by atoms with Gasteiger partial charge in [0.15, 0.2) is 0 Å². The highest BCUT2D eigenvalue weighted by atomic mass is 16.5. The fraction of sp³-hybridized carbons (Fsp3) is 0.545. The van der Waals surface area contributed by atoms with Crippen molar-refractivity contribution in [2.45, 2.75) is 83.3 Å². The molecule has 3 rings (SSSR count). The standard InChI is InChI=1S/C33H47N3O6/c1-4-5-7-13-25(20-31(38)34-22-26-16-17-28(41-2)21-30(26)42-3)32(39)35-29(18-15-24-11-8-6-9-12-24)33(40)36-19-10-14-27(36)23-37/h6,8-9,11-12,16-17,21,25,27,29,37H,4-5,7,10,13-15,18-20,22-23H2,1-3H3,(H,34,38)(H,35,39)/t25-,27+,29+/m1/s1. The third kappa shape index (κ3) is 9.76. The molecule has 3 amide bonds. The van der Waals surface area contributed by atoms with Crippen molar-refractivity contribution in [3.63, 3.8) is 0 Å². The number of carbonyl (C=O) groups is 3. The van der Waals surface area contributed by atoms with Gasteiger partial charge in [0, 0.05) is 37.1 Å². The summed E-state index contributed by atoms with van der Waals surface area (Å²) in [6.07, 6.45) is 5.99. The summed E-state index contributed by atoms with van der Waals surface area (Å²) in [5, 5.41) is 15.8. The zero-order valence-electron chi connectivity index (χ0n) is 25.3. The van der Waals surface area contributed by atoms with E-state index in [2.05, 4.69) is 17.6 Å². The molecule has 0 aromatic heterocycles. The molecule has 1 aliphatic rings. The average molecular weight is 582 g/mol. The van der Waals surface area contributed by atoms with Gasteiger partial charge in [-0.2, -0.15) is 0 Å². The fourth-order valence-corrected chi connectivity index (χ4v) is 5.47. The van der Waals surface area contributed by atoms with Crippen molar-refractivity contribution in [1.82, 2.24) is 15.5 Å². The Labute approximate surface area is 250 Å². The molecule has 1 heterocycles. The molecule has 0 unspecified atom stereocenters. The summed E-state index contributed by atoms with van der Waals surface area (Å²) in [6, 6.07) is 14.3. The molecular formula is C33H47N3O6. The molecular weight excluding hydrogens is 534 g/mol. The zero-order chi connectivity index (χ0) is 30.3. The van der Waals surface area contributed by atoms with Crippen LogP contribution in [0, 0.1) is 5.92 Å². The lowest BCUT2D eigenvalue weighted by atomic mass is 9.95. The Hall–Kier alpha value is -3.59. The number of unbranched alkanes of at least 4 members (excludes halogenated alkanes) is 2. The van der Waals surface area contributed by atoms with E-state index in [4.69, 9.17) is 9.47 Å². The Kier molecular flexibility index (Phi) is 13.6. The van der Waals surface area contributed by atoms with Crippen molar-refractivity contribution in [3.8, 4) is 11.5 Å². The van der Waals surface area contributed by atoms with E-state index in [0.717, 1.165) is 43.2 Å². The van der Waals surface area contributed by atoms with E-state index in [1.54, 1.807) is 31.3 Å². The Balaban J connectivity index is 1.70. The third-order valence-electron chi connectivity index (χ3n) is 7.98. The zero-order valence-corrected chi connectivity index (χ0v) is 25.3. The van der Waals surface area contributed by atoms with Crippen LogP contribution in [0.25, 0.3) is 0 Å². The monoisotopic (exact) mass is 581 g/mol. The SMILES string of the molecule is CCCCC[C@H](CC(=O)NCc1ccc(OC)cc1OC)C(=O)N[C@@H](CCc1ccccc1)C(=O)N1CCC[C@H]1CO. The van der Waals surface area contributed by atoms with Gasteiger partial charge in [0.2, 0.25) is 17.7 Å². The highest BCUT2D eigenvalue weighted by molar-refractivity contribution is 5.91. The van der Waals surface area contributed by atoms with Crippen LogP contribution in [0.15, 0.2) is 48.5 Å². The first-order chi connectivity index (χ1) is 20.4. The minimum absolute atomic E-state index is 0.0244. The molecule has 42 heavy (non-hydrogen) atoms. The van der Waals surface area contributed by atoms with Crippen molar-refractivity contribution in [2.75, 3.05) is 27.4 Å². The predicted octanol–water partition coefficient (Wildman–Crippen LogP) is 4.01. The summed E-state index contributed by atoms with van der Waals surface area (Å²) >= 11 is 0. The van der Waals surface area contributed by atoms with Gasteiger partial charge in [0.1, 0.15) is 17.5 Å². The summed E-state index contributed by atoms with van der Waals surface area (Å²) in [7, 11) is 3.14. The number of methoxy groups -OCH3 is 2. The van der Waals surface area contributed by atoms with Gasteiger partial charge >= 0.3 is 0 Å². The van der Waals surface area contributed by atoms with Crippen LogP contribution in [0.4, 0.5) is 0 Å². The van der Waals surface area contributed by atoms with Crippen molar-refractivity contribution >= 4 is 17.7 Å². The first kappa shape index (κ1) is 32.9. The summed E-state index contributed by atoms with van der Waals surface area (Å²) in [5.74, 6) is 0.0127. The minimum Gasteiger partial charge on any atom is -0.497 e. The van der Waals surface area contributed by atoms with Crippen molar-refractivity contribution in [2.24, 2.45) is 5.92 Å². The quantitative estimate of drug-likeness (QED) is 0.243. The number of aryl methyl sites for hydroxylation is 1. The number of hydrogen-bond donors (Lipinski definition) is 3. The van der Waals surface area contributed by atoms with E-state index < -0.39 is 12.0 Å². The molecule has 0 saturated carbocycles. The lowest BCUT2D eigenvalue weighted by Crippen LogP contribution is -2.52. The van der Waals surface area contributed by atoms with Gasteiger partial charge in [-0.05, 0) is 49.8 Å². The Morgan fingerprint density at radius 1 is 1.05 bits per heavy atom. The highest BCUT2D eigenvalue weighted by Gasteiger charge is 2.34. The molecule has 1 aliphatic heterocycles. The molecule has 3 N–H and O–H groups in total. The smallest absolute Gasteiger partial charge is 0.245 e. The maximum Gasteiger partial charge on any atom is 0.245 e. The van der Waals surface area contributed by atoms with Crippen LogP contribution >= 0.6 is 0 Å². The lowest BCUT2D eigenvalue weighted by Gasteiger charge is -2.29. The van der Waals surface area contributed by atoms with Crippen LogP contribution in [-0.2, 0) is 27.3 Å². The van der Waals surface area contributed by atoms with Crippen molar-refractivity contribution < 1.29 is 29.0 Å². The normalized spacial score (nSPS) is 16.0. The molecule has 1 fully saturated rings.